The van der Waals surface area contributed by atoms with E-state index in [1.54, 1.807) is 6.92 Å². The normalized spacial score (nSPS) is 15.2. The minimum atomic E-state index is -0.595. The van der Waals surface area contributed by atoms with Crippen LogP contribution in [-0.4, -0.2) is 20.8 Å². The lowest BCUT2D eigenvalue weighted by Crippen LogP contribution is -2.26. The third kappa shape index (κ3) is 1.70. The van der Waals surface area contributed by atoms with Gasteiger partial charge in [-0.1, -0.05) is 12.1 Å². The Morgan fingerprint density at radius 1 is 1.44 bits per heavy atom. The lowest BCUT2D eigenvalue weighted by Gasteiger charge is -2.15. The standard InChI is InChI=1S/C12H17N3O/c1-3-15-10-7-5-4-6-9(10)14-12(15)11(13)8(2)16/h4-8,11,16H,3,13H2,1-2H3. The van der Waals surface area contributed by atoms with Gasteiger partial charge in [0.25, 0.3) is 0 Å². The predicted octanol–water partition coefficient (Wildman–Crippen LogP) is 1.44. The van der Waals surface area contributed by atoms with Crippen molar-refractivity contribution in [2.24, 2.45) is 5.73 Å². The second-order valence-electron chi connectivity index (χ2n) is 3.97. The molecule has 3 N–H and O–H groups in total. The number of imidazole rings is 1. The smallest absolute Gasteiger partial charge is 0.129 e. The van der Waals surface area contributed by atoms with E-state index in [0.717, 1.165) is 23.4 Å². The number of aromatic nitrogens is 2. The van der Waals surface area contributed by atoms with E-state index in [1.165, 1.54) is 0 Å². The van der Waals surface area contributed by atoms with Crippen LogP contribution in [0.5, 0.6) is 0 Å². The summed E-state index contributed by atoms with van der Waals surface area (Å²) >= 11 is 0. The molecule has 0 amide bonds. The van der Waals surface area contributed by atoms with E-state index in [9.17, 15) is 5.11 Å². The number of fused-ring (bicyclic) bond motifs is 1. The van der Waals surface area contributed by atoms with Gasteiger partial charge >= 0.3 is 0 Å². The molecule has 0 saturated carbocycles. The number of aryl methyl sites for hydroxylation is 1. The van der Waals surface area contributed by atoms with Gasteiger partial charge in [0, 0.05) is 6.54 Å². The average Bonchev–Trinajstić information content (AvgIpc) is 2.65. The number of benzene rings is 1. The molecule has 0 radical (unpaired) electrons. The topological polar surface area (TPSA) is 64.1 Å². The van der Waals surface area contributed by atoms with Crippen LogP contribution >= 0.6 is 0 Å². The SMILES string of the molecule is CCn1c(C(N)C(C)O)nc2ccccc21. The molecule has 2 rings (SSSR count). The summed E-state index contributed by atoms with van der Waals surface area (Å²) in [5, 5.41) is 9.54. The van der Waals surface area contributed by atoms with Crippen molar-refractivity contribution in [2.75, 3.05) is 0 Å². The van der Waals surface area contributed by atoms with E-state index in [-0.39, 0.29) is 0 Å². The zero-order chi connectivity index (χ0) is 11.7. The van der Waals surface area contributed by atoms with Crippen LogP contribution in [0.2, 0.25) is 0 Å². The van der Waals surface area contributed by atoms with Gasteiger partial charge in [0.1, 0.15) is 5.82 Å². The molecule has 0 fully saturated rings. The second kappa shape index (κ2) is 4.23. The third-order valence-corrected chi connectivity index (χ3v) is 2.82. The van der Waals surface area contributed by atoms with Gasteiger partial charge in [-0.05, 0) is 26.0 Å². The first-order valence-corrected chi connectivity index (χ1v) is 5.54. The molecular formula is C12H17N3O. The lowest BCUT2D eigenvalue weighted by molar-refractivity contribution is 0.159. The lowest BCUT2D eigenvalue weighted by atomic mass is 10.2. The fourth-order valence-corrected chi connectivity index (χ4v) is 1.90. The maximum atomic E-state index is 9.54. The van der Waals surface area contributed by atoms with Crippen molar-refractivity contribution in [1.29, 1.82) is 0 Å². The summed E-state index contributed by atoms with van der Waals surface area (Å²) in [5.74, 6) is 0.749. The van der Waals surface area contributed by atoms with Gasteiger partial charge in [-0.2, -0.15) is 0 Å². The van der Waals surface area contributed by atoms with Crippen LogP contribution in [0.25, 0.3) is 11.0 Å². The fourth-order valence-electron chi connectivity index (χ4n) is 1.90. The molecule has 1 heterocycles. The van der Waals surface area contributed by atoms with E-state index in [2.05, 4.69) is 4.98 Å². The summed E-state index contributed by atoms with van der Waals surface area (Å²) in [7, 11) is 0. The number of aliphatic hydroxyl groups is 1. The zero-order valence-corrected chi connectivity index (χ0v) is 9.59. The Labute approximate surface area is 94.7 Å². The average molecular weight is 219 g/mol. The molecule has 4 heteroatoms. The number of nitrogens with two attached hydrogens (primary N) is 1. The van der Waals surface area contributed by atoms with Crippen LogP contribution in [0.15, 0.2) is 24.3 Å². The molecule has 2 unspecified atom stereocenters. The maximum absolute atomic E-state index is 9.54. The fraction of sp³-hybridized carbons (Fsp3) is 0.417. The monoisotopic (exact) mass is 219 g/mol. The van der Waals surface area contributed by atoms with E-state index < -0.39 is 12.1 Å². The van der Waals surface area contributed by atoms with Gasteiger partial charge in [-0.15, -0.1) is 0 Å². The molecule has 0 aliphatic rings. The highest BCUT2D eigenvalue weighted by Crippen LogP contribution is 2.21. The van der Waals surface area contributed by atoms with Crippen LogP contribution in [-0.2, 0) is 6.54 Å². The molecule has 1 aromatic heterocycles. The number of para-hydroxylation sites is 2. The Morgan fingerprint density at radius 3 is 2.75 bits per heavy atom. The first kappa shape index (κ1) is 11.1. The molecule has 2 atom stereocenters. The quantitative estimate of drug-likeness (QED) is 0.821. The highest BCUT2D eigenvalue weighted by atomic mass is 16.3. The summed E-state index contributed by atoms with van der Waals surface area (Å²) in [6.45, 7) is 4.53. The highest BCUT2D eigenvalue weighted by molar-refractivity contribution is 5.76. The Balaban J connectivity index is 2.60. The van der Waals surface area contributed by atoms with Crippen LogP contribution in [0, 0.1) is 0 Å². The summed E-state index contributed by atoms with van der Waals surface area (Å²) in [6, 6.07) is 7.47. The number of aliphatic hydroxyl groups excluding tert-OH is 1. The van der Waals surface area contributed by atoms with Gasteiger partial charge in [0.2, 0.25) is 0 Å². The second-order valence-corrected chi connectivity index (χ2v) is 3.97. The Hall–Kier alpha value is -1.39. The van der Waals surface area contributed by atoms with E-state index in [1.807, 2.05) is 35.8 Å². The number of hydrogen-bond donors (Lipinski definition) is 2. The van der Waals surface area contributed by atoms with Crippen LogP contribution in [0.4, 0.5) is 0 Å². The summed E-state index contributed by atoms with van der Waals surface area (Å²) in [6.07, 6.45) is -0.595. The molecule has 0 bridgehead atoms. The number of rotatable bonds is 3. The first-order valence-electron chi connectivity index (χ1n) is 5.54. The Bertz CT molecular complexity index is 490. The van der Waals surface area contributed by atoms with Crippen LogP contribution < -0.4 is 5.73 Å². The van der Waals surface area contributed by atoms with Crippen LogP contribution in [0.1, 0.15) is 25.7 Å². The molecular weight excluding hydrogens is 202 g/mol. The predicted molar refractivity (Wildman–Crippen MR) is 64.0 cm³/mol. The third-order valence-electron chi connectivity index (χ3n) is 2.82. The van der Waals surface area contributed by atoms with E-state index in [0.29, 0.717) is 0 Å². The minimum Gasteiger partial charge on any atom is -0.391 e. The zero-order valence-electron chi connectivity index (χ0n) is 9.59. The van der Waals surface area contributed by atoms with Gasteiger partial charge in [-0.3, -0.25) is 0 Å². The molecule has 0 spiro atoms. The molecule has 0 saturated heterocycles. The number of nitrogens with zero attached hydrogens (tertiary/aromatic N) is 2. The molecule has 16 heavy (non-hydrogen) atoms. The van der Waals surface area contributed by atoms with Gasteiger partial charge < -0.3 is 15.4 Å². The first-order chi connectivity index (χ1) is 7.65. The van der Waals surface area contributed by atoms with E-state index >= 15 is 0 Å². The number of hydrogen-bond acceptors (Lipinski definition) is 3. The highest BCUT2D eigenvalue weighted by Gasteiger charge is 2.19. The maximum Gasteiger partial charge on any atom is 0.129 e. The van der Waals surface area contributed by atoms with E-state index in [4.69, 9.17) is 5.73 Å². The summed E-state index contributed by atoms with van der Waals surface area (Å²) < 4.78 is 2.05. The minimum absolute atomic E-state index is 0.438. The van der Waals surface area contributed by atoms with Crippen molar-refractivity contribution in [3.63, 3.8) is 0 Å². The van der Waals surface area contributed by atoms with Crippen molar-refractivity contribution in [2.45, 2.75) is 32.5 Å². The van der Waals surface area contributed by atoms with Crippen molar-refractivity contribution in [1.82, 2.24) is 9.55 Å². The largest absolute Gasteiger partial charge is 0.391 e. The van der Waals surface area contributed by atoms with Gasteiger partial charge in [0.15, 0.2) is 0 Å². The molecule has 1 aromatic carbocycles. The van der Waals surface area contributed by atoms with Crippen molar-refractivity contribution < 1.29 is 5.11 Å². The molecule has 86 valence electrons. The van der Waals surface area contributed by atoms with Crippen LogP contribution in [0.3, 0.4) is 0 Å². The summed E-state index contributed by atoms with van der Waals surface area (Å²) in [4.78, 5) is 4.48. The Kier molecular flexibility index (Phi) is 2.94. The van der Waals surface area contributed by atoms with Crippen molar-refractivity contribution in [3.05, 3.63) is 30.1 Å². The molecule has 2 aromatic rings. The molecule has 0 aliphatic heterocycles. The summed E-state index contributed by atoms with van der Waals surface area (Å²) in [5.41, 5.74) is 7.94. The Morgan fingerprint density at radius 2 is 2.12 bits per heavy atom. The molecule has 0 aliphatic carbocycles. The van der Waals surface area contributed by atoms with Gasteiger partial charge in [-0.25, -0.2) is 4.98 Å². The van der Waals surface area contributed by atoms with Crippen molar-refractivity contribution in [3.8, 4) is 0 Å². The van der Waals surface area contributed by atoms with Gasteiger partial charge in [0.05, 0.1) is 23.2 Å². The molecule has 4 nitrogen and oxygen atoms in total. The van der Waals surface area contributed by atoms with Crippen molar-refractivity contribution >= 4 is 11.0 Å².